The molecule has 2 aliphatic heterocycles. The van der Waals surface area contributed by atoms with Gasteiger partial charge in [-0.2, -0.15) is 0 Å². The summed E-state index contributed by atoms with van der Waals surface area (Å²) in [4.78, 5) is 70.2. The van der Waals surface area contributed by atoms with Gasteiger partial charge in [-0.25, -0.2) is 0 Å². The number of hydrogen-bond acceptors (Lipinski definition) is 9. The number of nitrogens with zero attached hydrogens (tertiary/aromatic N) is 1. The van der Waals surface area contributed by atoms with Crippen LogP contribution in [0.4, 0.5) is 0 Å². The van der Waals surface area contributed by atoms with Crippen LogP contribution in [0.15, 0.2) is 0 Å². The first-order valence-corrected chi connectivity index (χ1v) is 25.8. The first-order valence-electron chi connectivity index (χ1n) is 25.8. The first kappa shape index (κ1) is 55.3. The first-order chi connectivity index (χ1) is 30.4. The van der Waals surface area contributed by atoms with E-state index in [0.717, 1.165) is 121 Å². The van der Waals surface area contributed by atoms with Gasteiger partial charge in [-0.05, 0) is 84.1 Å². The van der Waals surface area contributed by atoms with Crippen LogP contribution in [0.25, 0.3) is 0 Å². The Morgan fingerprint density at radius 1 is 0.419 bits per heavy atom. The normalized spacial score (nSPS) is 21.1. The minimum atomic E-state index is -2.31. The maximum atomic E-state index is 14.7. The summed E-state index contributed by atoms with van der Waals surface area (Å²) in [7, 11) is 0. The third-order valence-electron chi connectivity index (χ3n) is 12.2. The van der Waals surface area contributed by atoms with E-state index in [0.29, 0.717) is 45.2 Å². The summed E-state index contributed by atoms with van der Waals surface area (Å²) in [6.07, 6.45) is 33.7. The number of amides is 5. The number of carbonyl (C=O) groups is 5. The summed E-state index contributed by atoms with van der Waals surface area (Å²) in [6.45, 7) is 4.30. The molecule has 14 nitrogen and oxygen atoms in total. The van der Waals surface area contributed by atoms with E-state index in [-0.39, 0.29) is 32.2 Å². The molecule has 2 aliphatic rings. The molecule has 14 heteroatoms. The Labute approximate surface area is 377 Å². The zero-order valence-corrected chi connectivity index (χ0v) is 39.3. The van der Waals surface area contributed by atoms with Gasteiger partial charge < -0.3 is 32.3 Å². The van der Waals surface area contributed by atoms with Crippen LogP contribution >= 0.6 is 0 Å². The van der Waals surface area contributed by atoms with Crippen LogP contribution in [0.1, 0.15) is 231 Å². The fourth-order valence-electron chi connectivity index (χ4n) is 8.35. The number of carbonyl (C=O) groups excluding carboxylic acids is 5. The van der Waals surface area contributed by atoms with Crippen LogP contribution in [0.2, 0.25) is 0 Å². The van der Waals surface area contributed by atoms with E-state index in [9.17, 15) is 24.0 Å². The molecule has 0 aromatic heterocycles. The summed E-state index contributed by atoms with van der Waals surface area (Å²) < 4.78 is 0. The lowest BCUT2D eigenvalue weighted by Crippen LogP contribution is -2.82. The number of nitrogens with two attached hydrogens (primary N) is 1. The Kier molecular flexibility index (Phi) is 34.5. The summed E-state index contributed by atoms with van der Waals surface area (Å²) in [5.41, 5.74) is 11.2. The molecule has 0 aromatic rings. The van der Waals surface area contributed by atoms with Gasteiger partial charge in [-0.15, -0.1) is 0 Å². The average Bonchev–Trinajstić information content (AvgIpc) is 3.25. The van der Waals surface area contributed by atoms with Gasteiger partial charge in [-0.3, -0.25) is 34.8 Å². The Morgan fingerprint density at radius 2 is 0.710 bits per heavy atom. The highest BCUT2D eigenvalue weighted by Gasteiger charge is 2.49. The number of hydrazine groups is 2. The van der Waals surface area contributed by atoms with Gasteiger partial charge in [0.2, 0.25) is 23.6 Å². The van der Waals surface area contributed by atoms with Crippen molar-refractivity contribution in [3.8, 4) is 0 Å². The SMILES string of the molecule is NCCCNCCCCNCCCNC(=O)C1(N2NC(=O)CCCCCCCCCCCCCCCCC(=O)N2)NC(=O)CCCCCCCCCCCCCCCCC(=O)N1. The maximum Gasteiger partial charge on any atom is 0.287 e. The third-order valence-corrected chi connectivity index (χ3v) is 12.2. The second-order valence-electron chi connectivity index (χ2n) is 18.1. The molecule has 0 radical (unpaired) electrons. The van der Waals surface area contributed by atoms with E-state index in [2.05, 4.69) is 37.4 Å². The van der Waals surface area contributed by atoms with Crippen molar-refractivity contribution in [3.63, 3.8) is 0 Å². The zero-order valence-electron chi connectivity index (χ0n) is 39.3. The van der Waals surface area contributed by atoms with Crippen molar-refractivity contribution in [1.29, 1.82) is 0 Å². The van der Waals surface area contributed by atoms with Crippen molar-refractivity contribution in [3.05, 3.63) is 0 Å². The highest BCUT2D eigenvalue weighted by molar-refractivity contribution is 5.95. The second kappa shape index (κ2) is 38.6. The molecule has 0 unspecified atom stereocenters. The second-order valence-corrected chi connectivity index (χ2v) is 18.1. The van der Waals surface area contributed by atoms with E-state index in [1.54, 1.807) is 0 Å². The molecule has 2 saturated heterocycles. The molecule has 360 valence electrons. The highest BCUT2D eigenvalue weighted by atomic mass is 16.2. The van der Waals surface area contributed by atoms with Crippen LogP contribution in [-0.2, 0) is 24.0 Å². The summed E-state index contributed by atoms with van der Waals surface area (Å²) in [6, 6.07) is 0. The largest absolute Gasteiger partial charge is 0.351 e. The van der Waals surface area contributed by atoms with E-state index < -0.39 is 35.3 Å². The Bertz CT molecular complexity index is 1110. The number of hydrogen-bond donors (Lipinski definition) is 8. The quantitative estimate of drug-likeness (QED) is 0.0812. The molecule has 0 atom stereocenters. The van der Waals surface area contributed by atoms with E-state index in [1.165, 1.54) is 77.0 Å². The van der Waals surface area contributed by atoms with Gasteiger partial charge in [-0.1, -0.05) is 159 Å². The van der Waals surface area contributed by atoms with E-state index >= 15 is 0 Å². The molecular weight excluding hydrogens is 783 g/mol. The van der Waals surface area contributed by atoms with Crippen LogP contribution in [-0.4, -0.2) is 79.7 Å². The molecule has 2 rings (SSSR count). The van der Waals surface area contributed by atoms with Gasteiger partial charge in [0.05, 0.1) is 0 Å². The lowest BCUT2D eigenvalue weighted by molar-refractivity contribution is -0.166. The minimum absolute atomic E-state index is 0.132. The van der Waals surface area contributed by atoms with Gasteiger partial charge in [0, 0.05) is 32.2 Å². The van der Waals surface area contributed by atoms with Gasteiger partial charge >= 0.3 is 0 Å². The molecule has 62 heavy (non-hydrogen) atoms. The Balaban J connectivity index is 2.34. The smallest absolute Gasteiger partial charge is 0.287 e. The van der Waals surface area contributed by atoms with E-state index in [4.69, 9.17) is 5.73 Å². The molecule has 0 aliphatic carbocycles. The monoisotopic (exact) mass is 876 g/mol. The third kappa shape index (κ3) is 28.8. The molecule has 0 spiro atoms. The van der Waals surface area contributed by atoms with Crippen LogP contribution in [0.5, 0.6) is 0 Å². The highest BCUT2D eigenvalue weighted by Crippen LogP contribution is 2.18. The Morgan fingerprint density at radius 3 is 1.05 bits per heavy atom. The predicted molar refractivity (Wildman–Crippen MR) is 251 cm³/mol. The van der Waals surface area contributed by atoms with E-state index in [1.807, 2.05) is 0 Å². The van der Waals surface area contributed by atoms with Crippen molar-refractivity contribution in [2.75, 3.05) is 39.3 Å². The Hall–Kier alpha value is -2.81. The fourth-order valence-corrected chi connectivity index (χ4v) is 8.35. The predicted octanol–water partition coefficient (Wildman–Crippen LogP) is 7.56. The molecule has 0 saturated carbocycles. The van der Waals surface area contributed by atoms with Crippen LogP contribution in [0.3, 0.4) is 0 Å². The standard InChI is InChI=1S/C48H93N9O5/c49-37-31-40-50-38-29-30-39-51-41-32-42-52-47(62)48(53-43(58)33-25-21-17-13-9-5-1-2-6-10-14-18-22-26-34-44(59)54-48)57-55-45(60)35-27-23-19-15-11-7-3-4-8-12-16-20-24-28-36-46(61)56-57/h50-51H,1-42,49H2,(H,52,62)(H,53,58)(H,54,59)(H,55,60)(H,56,61). The van der Waals surface area contributed by atoms with Crippen LogP contribution < -0.4 is 43.2 Å². The number of rotatable bonds is 14. The maximum absolute atomic E-state index is 14.7. The van der Waals surface area contributed by atoms with Crippen molar-refractivity contribution < 1.29 is 24.0 Å². The molecule has 2 fully saturated rings. The molecule has 0 aromatic carbocycles. The number of nitrogens with one attached hydrogen (secondary N) is 7. The van der Waals surface area contributed by atoms with Gasteiger partial charge in [0.15, 0.2) is 0 Å². The molecule has 2 heterocycles. The fraction of sp³-hybridized carbons (Fsp3) is 0.896. The zero-order chi connectivity index (χ0) is 44.6. The lowest BCUT2D eigenvalue weighted by Gasteiger charge is -2.42. The van der Waals surface area contributed by atoms with Crippen molar-refractivity contribution in [2.45, 2.75) is 237 Å². The number of unbranched alkanes of at least 4 members (excludes halogenated alkanes) is 1. The van der Waals surface area contributed by atoms with Gasteiger partial charge in [0.25, 0.3) is 11.7 Å². The molecule has 5 amide bonds. The molecular formula is C48H93N9O5. The van der Waals surface area contributed by atoms with Crippen molar-refractivity contribution in [2.24, 2.45) is 5.73 Å². The summed E-state index contributed by atoms with van der Waals surface area (Å²) in [5, 5.41) is 16.5. The average molecular weight is 876 g/mol. The minimum Gasteiger partial charge on any atom is -0.351 e. The summed E-state index contributed by atoms with van der Waals surface area (Å²) >= 11 is 0. The lowest BCUT2D eigenvalue weighted by atomic mass is 10.0. The molecule has 0 bridgehead atoms. The van der Waals surface area contributed by atoms with Crippen LogP contribution in [0, 0.1) is 0 Å². The molecule has 9 N–H and O–H groups in total. The summed E-state index contributed by atoms with van der Waals surface area (Å²) in [5.74, 6) is -4.75. The van der Waals surface area contributed by atoms with Crippen molar-refractivity contribution in [1.82, 2.24) is 42.6 Å². The topological polar surface area (TPSA) is 199 Å². The van der Waals surface area contributed by atoms with Crippen molar-refractivity contribution >= 4 is 29.5 Å². The van der Waals surface area contributed by atoms with Gasteiger partial charge in [0.1, 0.15) is 0 Å².